The second-order valence-corrected chi connectivity index (χ2v) is 7.53. The Balaban J connectivity index is 2.21. The second-order valence-electron chi connectivity index (χ2n) is 4.38. The van der Waals surface area contributed by atoms with Crippen LogP contribution in [-0.4, -0.2) is 26.9 Å². The molecular weight excluding hydrogens is 272 g/mol. The molecule has 2 rings (SSSR count). The standard InChI is InChI=1S/C11H16N2O3S2/c1-7-6-10(8(2)17-7)18(15,16)13-9-4-3-5-12-11(9)14/h6,9,13H,3-5H2,1-2H3,(H,12,14). The van der Waals surface area contributed by atoms with Crippen LogP contribution < -0.4 is 10.0 Å². The fourth-order valence-electron chi connectivity index (χ4n) is 2.01. The summed E-state index contributed by atoms with van der Waals surface area (Å²) in [6.07, 6.45) is 1.34. The van der Waals surface area contributed by atoms with Crippen molar-refractivity contribution in [3.8, 4) is 0 Å². The van der Waals surface area contributed by atoms with Crippen molar-refractivity contribution in [1.82, 2.24) is 10.0 Å². The predicted molar refractivity (Wildman–Crippen MR) is 70.1 cm³/mol. The number of hydrogen-bond acceptors (Lipinski definition) is 4. The highest BCUT2D eigenvalue weighted by Gasteiger charge is 2.29. The number of carbonyl (C=O) groups excluding carboxylic acids is 1. The van der Waals surface area contributed by atoms with E-state index in [0.29, 0.717) is 13.0 Å². The summed E-state index contributed by atoms with van der Waals surface area (Å²) >= 11 is 1.44. The average Bonchev–Trinajstić information content (AvgIpc) is 2.62. The van der Waals surface area contributed by atoms with Gasteiger partial charge < -0.3 is 5.32 Å². The van der Waals surface area contributed by atoms with Crippen LogP contribution in [0.3, 0.4) is 0 Å². The smallest absolute Gasteiger partial charge is 0.242 e. The van der Waals surface area contributed by atoms with E-state index in [9.17, 15) is 13.2 Å². The molecule has 5 nitrogen and oxygen atoms in total. The number of carbonyl (C=O) groups is 1. The van der Waals surface area contributed by atoms with Crippen molar-refractivity contribution < 1.29 is 13.2 Å². The molecule has 2 N–H and O–H groups in total. The van der Waals surface area contributed by atoms with Crippen LogP contribution in [-0.2, 0) is 14.8 Å². The van der Waals surface area contributed by atoms with E-state index >= 15 is 0 Å². The average molecular weight is 288 g/mol. The third kappa shape index (κ3) is 2.73. The second kappa shape index (κ2) is 4.99. The van der Waals surface area contributed by atoms with Crippen LogP contribution in [0.2, 0.25) is 0 Å². The minimum Gasteiger partial charge on any atom is -0.355 e. The van der Waals surface area contributed by atoms with Gasteiger partial charge in [0.15, 0.2) is 0 Å². The molecule has 1 amide bonds. The monoisotopic (exact) mass is 288 g/mol. The molecule has 7 heteroatoms. The van der Waals surface area contributed by atoms with Gasteiger partial charge in [0.2, 0.25) is 15.9 Å². The molecule has 1 atom stereocenters. The summed E-state index contributed by atoms with van der Waals surface area (Å²) in [5, 5.41) is 2.66. The van der Waals surface area contributed by atoms with Crippen LogP contribution >= 0.6 is 11.3 Å². The highest BCUT2D eigenvalue weighted by Crippen LogP contribution is 2.25. The zero-order chi connectivity index (χ0) is 13.3. The number of sulfonamides is 1. The molecule has 0 saturated carbocycles. The molecule has 0 radical (unpaired) electrons. The van der Waals surface area contributed by atoms with Crippen LogP contribution in [0.15, 0.2) is 11.0 Å². The Hall–Kier alpha value is -0.920. The summed E-state index contributed by atoms with van der Waals surface area (Å²) in [6.45, 7) is 4.25. The van der Waals surface area contributed by atoms with E-state index in [0.717, 1.165) is 16.2 Å². The zero-order valence-electron chi connectivity index (χ0n) is 10.3. The minimum atomic E-state index is -3.60. The first-order valence-corrected chi connectivity index (χ1v) is 8.07. The molecule has 1 aliphatic heterocycles. The molecule has 1 aliphatic rings. The van der Waals surface area contributed by atoms with Gasteiger partial charge in [0.25, 0.3) is 0 Å². The number of nitrogens with one attached hydrogen (secondary N) is 2. The molecule has 1 unspecified atom stereocenters. The summed E-state index contributed by atoms with van der Waals surface area (Å²) < 4.78 is 26.9. The van der Waals surface area contributed by atoms with Gasteiger partial charge in [0.1, 0.15) is 6.04 Å². The largest absolute Gasteiger partial charge is 0.355 e. The van der Waals surface area contributed by atoms with Gasteiger partial charge in [-0.2, -0.15) is 4.72 Å². The molecule has 1 fully saturated rings. The molecule has 1 saturated heterocycles. The van der Waals surface area contributed by atoms with Crippen molar-refractivity contribution in [3.05, 3.63) is 15.8 Å². The summed E-state index contributed by atoms with van der Waals surface area (Å²) in [6, 6.07) is 0.992. The number of piperidine rings is 1. The highest BCUT2D eigenvalue weighted by molar-refractivity contribution is 7.89. The van der Waals surface area contributed by atoms with Gasteiger partial charge in [0.05, 0.1) is 4.90 Å². The normalized spacial score (nSPS) is 20.8. The fraction of sp³-hybridized carbons (Fsp3) is 0.545. The third-order valence-corrected chi connectivity index (χ3v) is 5.56. The molecule has 2 heterocycles. The predicted octanol–water partition coefficient (Wildman–Crippen LogP) is 0.922. The number of hydrogen-bond donors (Lipinski definition) is 2. The van der Waals surface area contributed by atoms with E-state index in [-0.39, 0.29) is 10.8 Å². The van der Waals surface area contributed by atoms with Crippen LogP contribution in [0.5, 0.6) is 0 Å². The Morgan fingerprint density at radius 1 is 1.44 bits per heavy atom. The third-order valence-electron chi connectivity index (χ3n) is 2.87. The van der Waals surface area contributed by atoms with Gasteiger partial charge in [-0.1, -0.05) is 0 Å². The number of aryl methyl sites for hydroxylation is 2. The molecule has 0 spiro atoms. The maximum Gasteiger partial charge on any atom is 0.242 e. The molecule has 18 heavy (non-hydrogen) atoms. The van der Waals surface area contributed by atoms with Crippen molar-refractivity contribution in [3.63, 3.8) is 0 Å². The van der Waals surface area contributed by atoms with Gasteiger partial charge in [-0.15, -0.1) is 11.3 Å². The highest BCUT2D eigenvalue weighted by atomic mass is 32.2. The Labute approximate surface area is 111 Å². The lowest BCUT2D eigenvalue weighted by molar-refractivity contribution is -0.124. The topological polar surface area (TPSA) is 75.3 Å². The molecule has 1 aromatic rings. The van der Waals surface area contributed by atoms with E-state index in [1.807, 2.05) is 6.92 Å². The lowest BCUT2D eigenvalue weighted by atomic mass is 10.1. The Morgan fingerprint density at radius 3 is 2.72 bits per heavy atom. The lowest BCUT2D eigenvalue weighted by Crippen LogP contribution is -2.50. The molecule has 1 aromatic heterocycles. The Kier molecular flexibility index (Phi) is 3.74. The van der Waals surface area contributed by atoms with Crippen LogP contribution in [0.25, 0.3) is 0 Å². The van der Waals surface area contributed by atoms with Crippen molar-refractivity contribution in [1.29, 1.82) is 0 Å². The summed E-state index contributed by atoms with van der Waals surface area (Å²) in [5.74, 6) is -0.241. The van der Waals surface area contributed by atoms with Crippen molar-refractivity contribution in [2.75, 3.05) is 6.54 Å². The van der Waals surface area contributed by atoms with Crippen molar-refractivity contribution >= 4 is 27.3 Å². The van der Waals surface area contributed by atoms with Gasteiger partial charge in [-0.3, -0.25) is 4.79 Å². The number of amides is 1. The van der Waals surface area contributed by atoms with E-state index < -0.39 is 16.1 Å². The van der Waals surface area contributed by atoms with Crippen molar-refractivity contribution in [2.45, 2.75) is 37.6 Å². The summed E-state index contributed by atoms with van der Waals surface area (Å²) in [5.41, 5.74) is 0. The van der Waals surface area contributed by atoms with E-state index in [4.69, 9.17) is 0 Å². The summed E-state index contributed by atoms with van der Waals surface area (Å²) in [7, 11) is -3.60. The number of thiophene rings is 1. The van der Waals surface area contributed by atoms with Crippen molar-refractivity contribution in [2.24, 2.45) is 0 Å². The maximum atomic E-state index is 12.2. The van der Waals surface area contributed by atoms with E-state index in [1.54, 1.807) is 13.0 Å². The first-order valence-electron chi connectivity index (χ1n) is 5.77. The molecule has 0 aliphatic carbocycles. The van der Waals surface area contributed by atoms with Gasteiger partial charge >= 0.3 is 0 Å². The van der Waals surface area contributed by atoms with Crippen LogP contribution in [0, 0.1) is 13.8 Å². The van der Waals surface area contributed by atoms with Crippen LogP contribution in [0.1, 0.15) is 22.6 Å². The minimum absolute atomic E-state index is 0.241. The first-order chi connectivity index (χ1) is 8.40. The fourth-order valence-corrected chi connectivity index (χ4v) is 4.79. The zero-order valence-corrected chi connectivity index (χ0v) is 12.0. The molecule has 100 valence electrons. The van der Waals surface area contributed by atoms with E-state index in [1.165, 1.54) is 11.3 Å². The van der Waals surface area contributed by atoms with Crippen LogP contribution in [0.4, 0.5) is 0 Å². The summed E-state index contributed by atoms with van der Waals surface area (Å²) in [4.78, 5) is 13.5. The first kappa shape index (κ1) is 13.5. The van der Waals surface area contributed by atoms with Gasteiger partial charge in [-0.25, -0.2) is 8.42 Å². The van der Waals surface area contributed by atoms with Gasteiger partial charge in [-0.05, 0) is 32.8 Å². The molecule has 0 bridgehead atoms. The lowest BCUT2D eigenvalue weighted by Gasteiger charge is -2.22. The Bertz CT molecular complexity index is 563. The molecular formula is C11H16N2O3S2. The quantitative estimate of drug-likeness (QED) is 0.868. The maximum absolute atomic E-state index is 12.2. The van der Waals surface area contributed by atoms with Gasteiger partial charge in [0, 0.05) is 16.3 Å². The Morgan fingerprint density at radius 2 is 2.17 bits per heavy atom. The SMILES string of the molecule is Cc1cc(S(=O)(=O)NC2CCCNC2=O)c(C)s1. The molecule has 0 aromatic carbocycles. The van der Waals surface area contributed by atoms with E-state index in [2.05, 4.69) is 10.0 Å². The number of rotatable bonds is 3.